The Bertz CT molecular complexity index is 849. The van der Waals surface area contributed by atoms with Gasteiger partial charge in [-0.3, -0.25) is 0 Å². The monoisotopic (exact) mass is 295 g/mol. The second kappa shape index (κ2) is 5.50. The number of aromatic nitrogens is 1. The van der Waals surface area contributed by atoms with Crippen molar-refractivity contribution in [2.75, 3.05) is 0 Å². The first kappa shape index (κ1) is 13.5. The molecule has 0 amide bonds. The average Bonchev–Trinajstić information content (AvgIpc) is 2.89. The van der Waals surface area contributed by atoms with Crippen molar-refractivity contribution in [3.05, 3.63) is 63.5 Å². The highest BCUT2D eigenvalue weighted by Gasteiger charge is 2.10. The molecular weight excluding hydrogens is 282 g/mol. The largest absolute Gasteiger partial charge is 0.478 e. The van der Waals surface area contributed by atoms with Crippen LogP contribution >= 0.6 is 11.3 Å². The molecule has 0 aliphatic carbocycles. The molecule has 2 aromatic heterocycles. The number of carbonyl (C=O) groups is 1. The van der Waals surface area contributed by atoms with E-state index in [0.717, 1.165) is 4.88 Å². The van der Waals surface area contributed by atoms with Crippen molar-refractivity contribution in [3.63, 3.8) is 0 Å². The predicted molar refractivity (Wildman–Crippen MR) is 86.7 cm³/mol. The number of carboxylic acids is 1. The zero-order valence-electron chi connectivity index (χ0n) is 11.4. The van der Waals surface area contributed by atoms with Gasteiger partial charge in [-0.2, -0.15) is 0 Å². The van der Waals surface area contributed by atoms with Crippen molar-refractivity contribution in [2.45, 2.75) is 6.92 Å². The third-order valence-electron chi connectivity index (χ3n) is 3.27. The second-order valence-corrected chi connectivity index (χ2v) is 5.67. The molecule has 3 aromatic rings. The molecule has 3 rings (SSSR count). The molecule has 0 saturated carbocycles. The van der Waals surface area contributed by atoms with Gasteiger partial charge in [-0.15, -0.1) is 11.3 Å². The summed E-state index contributed by atoms with van der Waals surface area (Å²) in [5.74, 6) is -0.935. The van der Waals surface area contributed by atoms with Gasteiger partial charge in [0.1, 0.15) is 0 Å². The highest BCUT2D eigenvalue weighted by molar-refractivity contribution is 7.11. The van der Waals surface area contributed by atoms with Gasteiger partial charge in [-0.05, 0) is 48.2 Å². The van der Waals surface area contributed by atoms with Crippen molar-refractivity contribution >= 4 is 40.4 Å². The molecule has 1 aromatic carbocycles. The van der Waals surface area contributed by atoms with E-state index >= 15 is 0 Å². The van der Waals surface area contributed by atoms with Crippen LogP contribution in [0.2, 0.25) is 0 Å². The van der Waals surface area contributed by atoms with E-state index in [1.54, 1.807) is 23.5 Å². The predicted octanol–water partition coefficient (Wildman–Crippen LogP) is 4.47. The van der Waals surface area contributed by atoms with Crippen LogP contribution in [-0.2, 0) is 0 Å². The summed E-state index contributed by atoms with van der Waals surface area (Å²) in [6, 6.07) is 11.0. The number of fused-ring (bicyclic) bond motifs is 1. The Morgan fingerprint density at radius 1 is 1.24 bits per heavy atom. The fourth-order valence-electron chi connectivity index (χ4n) is 2.17. The Morgan fingerprint density at radius 2 is 2.05 bits per heavy atom. The molecular formula is C17H13NO2S. The number of thiophene rings is 1. The zero-order valence-corrected chi connectivity index (χ0v) is 12.2. The highest BCUT2D eigenvalue weighted by Crippen LogP contribution is 2.21. The first-order valence-electron chi connectivity index (χ1n) is 6.50. The van der Waals surface area contributed by atoms with Gasteiger partial charge in [0.2, 0.25) is 0 Å². The topological polar surface area (TPSA) is 50.2 Å². The summed E-state index contributed by atoms with van der Waals surface area (Å²) in [4.78, 5) is 17.1. The summed E-state index contributed by atoms with van der Waals surface area (Å²) in [5.41, 5.74) is 2.83. The standard InChI is InChI=1S/C17H13NO2S/c1-11-8-9-21-16(11)7-6-12-10-14(17(19)20)13-4-2-3-5-15(13)18-12/h2-10H,1H3,(H,19,20)/b7-6+. The SMILES string of the molecule is Cc1ccsc1/C=C/c1cc(C(=O)O)c2ccccc2n1. The number of aryl methyl sites for hydroxylation is 1. The van der Waals surface area contributed by atoms with Gasteiger partial charge in [0.15, 0.2) is 0 Å². The minimum atomic E-state index is -0.935. The van der Waals surface area contributed by atoms with E-state index in [1.165, 1.54) is 5.56 Å². The maximum atomic E-state index is 11.4. The molecule has 0 aliphatic heterocycles. The summed E-state index contributed by atoms with van der Waals surface area (Å²) in [6.45, 7) is 2.05. The lowest BCUT2D eigenvalue weighted by molar-refractivity contribution is 0.0699. The van der Waals surface area contributed by atoms with E-state index in [-0.39, 0.29) is 5.56 Å². The summed E-state index contributed by atoms with van der Waals surface area (Å²) < 4.78 is 0. The fourth-order valence-corrected chi connectivity index (χ4v) is 2.99. The van der Waals surface area contributed by atoms with Crippen molar-refractivity contribution in [2.24, 2.45) is 0 Å². The van der Waals surface area contributed by atoms with Gasteiger partial charge >= 0.3 is 5.97 Å². The maximum absolute atomic E-state index is 11.4. The van der Waals surface area contributed by atoms with Crippen LogP contribution < -0.4 is 0 Å². The number of rotatable bonds is 3. The van der Waals surface area contributed by atoms with Gasteiger partial charge in [0, 0.05) is 10.3 Å². The lowest BCUT2D eigenvalue weighted by atomic mass is 10.1. The number of nitrogens with zero attached hydrogens (tertiary/aromatic N) is 1. The van der Waals surface area contributed by atoms with Gasteiger partial charge in [0.05, 0.1) is 16.8 Å². The van der Waals surface area contributed by atoms with Crippen LogP contribution in [0.5, 0.6) is 0 Å². The smallest absolute Gasteiger partial charge is 0.336 e. The van der Waals surface area contributed by atoms with Gasteiger partial charge in [0.25, 0.3) is 0 Å². The summed E-state index contributed by atoms with van der Waals surface area (Å²) in [7, 11) is 0. The molecule has 0 bridgehead atoms. The third kappa shape index (κ3) is 2.71. The van der Waals surface area contributed by atoms with Crippen LogP contribution in [0.15, 0.2) is 41.8 Å². The number of carboxylic acid groups (broad SMARTS) is 1. The minimum absolute atomic E-state index is 0.281. The van der Waals surface area contributed by atoms with Gasteiger partial charge < -0.3 is 5.11 Å². The van der Waals surface area contributed by atoms with Gasteiger partial charge in [-0.25, -0.2) is 9.78 Å². The van der Waals surface area contributed by atoms with Crippen molar-refractivity contribution in [1.29, 1.82) is 0 Å². The lowest BCUT2D eigenvalue weighted by Crippen LogP contribution is -2.00. The normalized spacial score (nSPS) is 11.3. The molecule has 0 atom stereocenters. The molecule has 2 heterocycles. The van der Waals surface area contributed by atoms with Crippen LogP contribution in [0.3, 0.4) is 0 Å². The lowest BCUT2D eigenvalue weighted by Gasteiger charge is -2.04. The summed E-state index contributed by atoms with van der Waals surface area (Å²) in [5, 5.41) is 12.0. The fraction of sp³-hybridized carbons (Fsp3) is 0.0588. The first-order chi connectivity index (χ1) is 10.1. The minimum Gasteiger partial charge on any atom is -0.478 e. The Labute approximate surface area is 126 Å². The van der Waals surface area contributed by atoms with E-state index < -0.39 is 5.97 Å². The van der Waals surface area contributed by atoms with E-state index in [2.05, 4.69) is 11.1 Å². The third-order valence-corrected chi connectivity index (χ3v) is 4.26. The number of benzene rings is 1. The number of pyridine rings is 1. The van der Waals surface area contributed by atoms with E-state index in [0.29, 0.717) is 16.6 Å². The highest BCUT2D eigenvalue weighted by atomic mass is 32.1. The molecule has 0 unspecified atom stereocenters. The second-order valence-electron chi connectivity index (χ2n) is 4.72. The average molecular weight is 295 g/mol. The number of para-hydroxylation sites is 1. The van der Waals surface area contributed by atoms with Crippen molar-refractivity contribution in [3.8, 4) is 0 Å². The Balaban J connectivity index is 2.09. The van der Waals surface area contributed by atoms with Crippen LogP contribution in [0, 0.1) is 6.92 Å². The number of aromatic carboxylic acids is 1. The van der Waals surface area contributed by atoms with E-state index in [9.17, 15) is 9.90 Å². The molecule has 0 aliphatic rings. The van der Waals surface area contributed by atoms with E-state index in [4.69, 9.17) is 0 Å². The molecule has 104 valence electrons. The molecule has 4 heteroatoms. The molecule has 0 radical (unpaired) electrons. The van der Waals surface area contributed by atoms with Gasteiger partial charge in [-0.1, -0.05) is 18.2 Å². The Morgan fingerprint density at radius 3 is 2.76 bits per heavy atom. The van der Waals surface area contributed by atoms with Crippen molar-refractivity contribution < 1.29 is 9.90 Å². The molecule has 1 N–H and O–H groups in total. The van der Waals surface area contributed by atoms with Crippen LogP contribution in [-0.4, -0.2) is 16.1 Å². The molecule has 3 nitrogen and oxygen atoms in total. The molecule has 21 heavy (non-hydrogen) atoms. The number of hydrogen-bond acceptors (Lipinski definition) is 3. The summed E-state index contributed by atoms with van der Waals surface area (Å²) in [6.07, 6.45) is 3.83. The Hall–Kier alpha value is -2.46. The summed E-state index contributed by atoms with van der Waals surface area (Å²) >= 11 is 1.65. The molecule has 0 saturated heterocycles. The van der Waals surface area contributed by atoms with Crippen molar-refractivity contribution in [1.82, 2.24) is 4.98 Å². The number of hydrogen-bond donors (Lipinski definition) is 1. The maximum Gasteiger partial charge on any atom is 0.336 e. The quantitative estimate of drug-likeness (QED) is 0.775. The Kier molecular flexibility index (Phi) is 3.54. The van der Waals surface area contributed by atoms with E-state index in [1.807, 2.05) is 42.7 Å². The van der Waals surface area contributed by atoms with Crippen LogP contribution in [0.25, 0.3) is 23.1 Å². The molecule has 0 spiro atoms. The zero-order chi connectivity index (χ0) is 14.8. The first-order valence-corrected chi connectivity index (χ1v) is 7.38. The molecule has 0 fully saturated rings. The van der Waals surface area contributed by atoms with Crippen LogP contribution in [0.4, 0.5) is 0 Å². The van der Waals surface area contributed by atoms with Crippen LogP contribution in [0.1, 0.15) is 26.5 Å².